The Labute approximate surface area is 166 Å². The van der Waals surface area contributed by atoms with Crippen LogP contribution in [0.15, 0.2) is 0 Å². The molecule has 0 aromatic heterocycles. The standard InChI is InChI=1S/C19H34N4O5/c1-3-4-15(22-18(20)26)17(25)21-14-6-5-13(2)23(12-14)16(24)11-19(27)7-9-28-10-8-19/h13-15,27H,3-12H2,1-2H3,(H,21,25)(H3,20,22,26). The summed E-state index contributed by atoms with van der Waals surface area (Å²) >= 11 is 0. The molecule has 4 amide bonds. The number of urea groups is 1. The number of hydrogen-bond acceptors (Lipinski definition) is 5. The van der Waals surface area contributed by atoms with Crippen molar-refractivity contribution >= 4 is 17.8 Å². The number of carbonyl (C=O) groups is 3. The van der Waals surface area contributed by atoms with E-state index in [-0.39, 0.29) is 30.3 Å². The minimum absolute atomic E-state index is 0.0549. The average molecular weight is 399 g/mol. The molecule has 2 rings (SSSR count). The molecule has 2 fully saturated rings. The third kappa shape index (κ3) is 6.34. The number of hydrogen-bond donors (Lipinski definition) is 4. The molecule has 160 valence electrons. The van der Waals surface area contributed by atoms with Gasteiger partial charge in [0.25, 0.3) is 0 Å². The Morgan fingerprint density at radius 2 is 1.96 bits per heavy atom. The Morgan fingerprint density at radius 3 is 2.57 bits per heavy atom. The summed E-state index contributed by atoms with van der Waals surface area (Å²) in [7, 11) is 0. The molecule has 0 spiro atoms. The maximum atomic E-state index is 12.8. The topological polar surface area (TPSA) is 134 Å². The molecule has 2 heterocycles. The summed E-state index contributed by atoms with van der Waals surface area (Å²) < 4.78 is 5.27. The summed E-state index contributed by atoms with van der Waals surface area (Å²) in [4.78, 5) is 38.2. The van der Waals surface area contributed by atoms with Crippen molar-refractivity contribution < 1.29 is 24.2 Å². The number of ether oxygens (including phenoxy) is 1. The van der Waals surface area contributed by atoms with Crippen LogP contribution in [0.1, 0.15) is 58.8 Å². The Hall–Kier alpha value is -1.87. The Balaban J connectivity index is 1.94. The summed E-state index contributed by atoms with van der Waals surface area (Å²) in [5.41, 5.74) is 4.15. The van der Waals surface area contributed by atoms with Crippen LogP contribution in [-0.4, -0.2) is 71.3 Å². The second-order valence-corrected chi connectivity index (χ2v) is 8.04. The summed E-state index contributed by atoms with van der Waals surface area (Å²) in [6, 6.07) is -1.54. The van der Waals surface area contributed by atoms with Gasteiger partial charge in [-0.3, -0.25) is 9.59 Å². The summed E-state index contributed by atoms with van der Waals surface area (Å²) in [5, 5.41) is 16.1. The van der Waals surface area contributed by atoms with Gasteiger partial charge in [0, 0.05) is 44.7 Å². The van der Waals surface area contributed by atoms with Crippen molar-refractivity contribution in [3.63, 3.8) is 0 Å². The van der Waals surface area contributed by atoms with Gasteiger partial charge in [0.05, 0.1) is 12.0 Å². The Morgan fingerprint density at radius 1 is 1.29 bits per heavy atom. The van der Waals surface area contributed by atoms with E-state index in [2.05, 4.69) is 10.6 Å². The van der Waals surface area contributed by atoms with Crippen LogP contribution in [0, 0.1) is 0 Å². The second-order valence-electron chi connectivity index (χ2n) is 8.04. The zero-order valence-electron chi connectivity index (χ0n) is 16.9. The van der Waals surface area contributed by atoms with E-state index in [1.54, 1.807) is 4.90 Å². The number of nitrogens with two attached hydrogens (primary N) is 1. The zero-order valence-corrected chi connectivity index (χ0v) is 16.9. The molecule has 0 bridgehead atoms. The van der Waals surface area contributed by atoms with Gasteiger partial charge in [-0.2, -0.15) is 0 Å². The maximum Gasteiger partial charge on any atom is 0.312 e. The molecule has 2 saturated heterocycles. The Bertz CT molecular complexity index is 565. The zero-order chi connectivity index (χ0) is 20.7. The first-order valence-electron chi connectivity index (χ1n) is 10.2. The van der Waals surface area contributed by atoms with Gasteiger partial charge in [-0.25, -0.2) is 4.79 Å². The third-order valence-electron chi connectivity index (χ3n) is 5.66. The van der Waals surface area contributed by atoms with Crippen LogP contribution in [-0.2, 0) is 14.3 Å². The highest BCUT2D eigenvalue weighted by molar-refractivity contribution is 5.86. The van der Waals surface area contributed by atoms with Crippen molar-refractivity contribution in [1.29, 1.82) is 0 Å². The van der Waals surface area contributed by atoms with Gasteiger partial charge in [0.1, 0.15) is 6.04 Å². The molecule has 9 nitrogen and oxygen atoms in total. The van der Waals surface area contributed by atoms with Gasteiger partial charge < -0.3 is 31.1 Å². The number of nitrogens with one attached hydrogen (secondary N) is 2. The first-order chi connectivity index (χ1) is 13.2. The third-order valence-corrected chi connectivity index (χ3v) is 5.66. The van der Waals surface area contributed by atoms with Gasteiger partial charge in [-0.1, -0.05) is 13.3 Å². The first kappa shape index (κ1) is 22.4. The SMILES string of the molecule is CCCC(NC(N)=O)C(=O)NC1CCC(C)N(C(=O)CC2(O)CCOCC2)C1. The number of piperidine rings is 1. The van der Waals surface area contributed by atoms with Crippen LogP contribution < -0.4 is 16.4 Å². The first-order valence-corrected chi connectivity index (χ1v) is 10.2. The molecule has 0 aliphatic carbocycles. The molecule has 3 unspecified atom stereocenters. The van der Waals surface area contributed by atoms with E-state index >= 15 is 0 Å². The van der Waals surface area contributed by atoms with E-state index in [0.29, 0.717) is 39.0 Å². The predicted octanol–water partition coefficient (Wildman–Crippen LogP) is 0.251. The molecular weight excluding hydrogens is 364 g/mol. The molecule has 3 atom stereocenters. The average Bonchev–Trinajstić information content (AvgIpc) is 2.62. The van der Waals surface area contributed by atoms with Gasteiger partial charge in [0.2, 0.25) is 11.8 Å². The lowest BCUT2D eigenvalue weighted by Gasteiger charge is -2.41. The molecule has 5 N–H and O–H groups in total. The van der Waals surface area contributed by atoms with Crippen LogP contribution in [0.4, 0.5) is 4.79 Å². The fourth-order valence-electron chi connectivity index (χ4n) is 3.91. The van der Waals surface area contributed by atoms with Crippen molar-refractivity contribution in [3.8, 4) is 0 Å². The summed E-state index contributed by atoms with van der Waals surface area (Å²) in [6.07, 6.45) is 3.73. The summed E-state index contributed by atoms with van der Waals surface area (Å²) in [5.74, 6) is -0.383. The largest absolute Gasteiger partial charge is 0.389 e. The molecule has 9 heteroatoms. The van der Waals surface area contributed by atoms with Gasteiger partial charge in [0.15, 0.2) is 0 Å². The van der Waals surface area contributed by atoms with Crippen molar-refractivity contribution in [3.05, 3.63) is 0 Å². The second kappa shape index (κ2) is 10.1. The van der Waals surface area contributed by atoms with Crippen LogP contribution in [0.5, 0.6) is 0 Å². The van der Waals surface area contributed by atoms with Crippen molar-refractivity contribution in [1.82, 2.24) is 15.5 Å². The van der Waals surface area contributed by atoms with E-state index in [0.717, 1.165) is 19.3 Å². The fraction of sp³-hybridized carbons (Fsp3) is 0.842. The highest BCUT2D eigenvalue weighted by Gasteiger charge is 2.37. The van der Waals surface area contributed by atoms with Crippen LogP contribution in [0.2, 0.25) is 0 Å². The molecule has 2 aliphatic heterocycles. The maximum absolute atomic E-state index is 12.8. The predicted molar refractivity (Wildman–Crippen MR) is 103 cm³/mol. The number of nitrogens with zero attached hydrogens (tertiary/aromatic N) is 1. The molecule has 2 aliphatic rings. The summed E-state index contributed by atoms with van der Waals surface area (Å²) in [6.45, 7) is 5.23. The number of primary amides is 1. The quantitative estimate of drug-likeness (QED) is 0.488. The van der Waals surface area contributed by atoms with E-state index in [4.69, 9.17) is 10.5 Å². The van der Waals surface area contributed by atoms with E-state index in [9.17, 15) is 19.5 Å². The fourth-order valence-corrected chi connectivity index (χ4v) is 3.91. The van der Waals surface area contributed by atoms with Gasteiger partial charge in [-0.05, 0) is 26.2 Å². The van der Waals surface area contributed by atoms with Gasteiger partial charge >= 0.3 is 6.03 Å². The normalized spacial score (nSPS) is 25.6. The molecule has 0 aromatic rings. The number of rotatable bonds is 7. The molecule has 0 aromatic carbocycles. The molecular formula is C19H34N4O5. The lowest BCUT2D eigenvalue weighted by Crippen LogP contribution is -2.57. The van der Waals surface area contributed by atoms with Crippen LogP contribution >= 0.6 is 0 Å². The molecule has 0 saturated carbocycles. The molecule has 0 radical (unpaired) electrons. The smallest absolute Gasteiger partial charge is 0.312 e. The van der Waals surface area contributed by atoms with Crippen molar-refractivity contribution in [2.24, 2.45) is 5.73 Å². The Kier molecular flexibility index (Phi) is 8.06. The number of carbonyl (C=O) groups excluding carboxylic acids is 3. The number of likely N-dealkylation sites (tertiary alicyclic amines) is 1. The number of amides is 4. The highest BCUT2D eigenvalue weighted by Crippen LogP contribution is 2.27. The van der Waals surface area contributed by atoms with Crippen LogP contribution in [0.25, 0.3) is 0 Å². The monoisotopic (exact) mass is 398 g/mol. The minimum atomic E-state index is -1.01. The lowest BCUT2D eigenvalue weighted by atomic mass is 9.89. The van der Waals surface area contributed by atoms with Crippen molar-refractivity contribution in [2.75, 3.05) is 19.8 Å². The van der Waals surface area contributed by atoms with E-state index in [1.807, 2.05) is 13.8 Å². The van der Waals surface area contributed by atoms with E-state index < -0.39 is 17.7 Å². The highest BCUT2D eigenvalue weighted by atomic mass is 16.5. The van der Waals surface area contributed by atoms with Crippen molar-refractivity contribution in [2.45, 2.75) is 82.5 Å². The van der Waals surface area contributed by atoms with Crippen LogP contribution in [0.3, 0.4) is 0 Å². The number of aliphatic hydroxyl groups is 1. The molecule has 28 heavy (non-hydrogen) atoms. The lowest BCUT2D eigenvalue weighted by molar-refractivity contribution is -0.145. The minimum Gasteiger partial charge on any atom is -0.389 e. The van der Waals surface area contributed by atoms with E-state index in [1.165, 1.54) is 0 Å². The van der Waals surface area contributed by atoms with Gasteiger partial charge in [-0.15, -0.1) is 0 Å².